The van der Waals surface area contributed by atoms with E-state index in [9.17, 15) is 0 Å². The van der Waals surface area contributed by atoms with Crippen molar-refractivity contribution in [2.75, 3.05) is 27.2 Å². The average Bonchev–Trinajstić information content (AvgIpc) is 2.85. The van der Waals surface area contributed by atoms with Crippen LogP contribution in [-0.4, -0.2) is 38.2 Å². The van der Waals surface area contributed by atoms with E-state index in [0.29, 0.717) is 6.04 Å². The van der Waals surface area contributed by atoms with Gasteiger partial charge >= 0.3 is 0 Å². The van der Waals surface area contributed by atoms with Gasteiger partial charge in [-0.05, 0) is 33.0 Å². The van der Waals surface area contributed by atoms with Crippen LogP contribution in [0.25, 0.3) is 11.0 Å². The minimum absolute atomic E-state index is 0.576. The van der Waals surface area contributed by atoms with Gasteiger partial charge in [-0.2, -0.15) is 0 Å². The minimum atomic E-state index is 0.576. The summed E-state index contributed by atoms with van der Waals surface area (Å²) in [5.41, 5.74) is 0.825. The fourth-order valence-electron chi connectivity index (χ4n) is 2.06. The molecule has 0 aliphatic heterocycles. The predicted molar refractivity (Wildman–Crippen MR) is 82.2 cm³/mol. The Bertz CT molecular complexity index is 548. The molecule has 0 radical (unpaired) electrons. The molecule has 0 atom stereocenters. The van der Waals surface area contributed by atoms with Crippen molar-refractivity contribution in [3.63, 3.8) is 0 Å². The Hall–Kier alpha value is -1.52. The Morgan fingerprint density at radius 1 is 1.35 bits per heavy atom. The molecule has 2 rings (SSSR count). The number of fused-ring (bicyclic) bond motifs is 1. The number of furan rings is 1. The molecule has 0 unspecified atom stereocenters. The lowest BCUT2D eigenvalue weighted by molar-refractivity contribution is 0.272. The number of para-hydroxylation sites is 1. The lowest BCUT2D eigenvalue weighted by Gasteiger charge is -2.20. The van der Waals surface area contributed by atoms with E-state index in [-0.39, 0.29) is 0 Å². The zero-order chi connectivity index (χ0) is 14.5. The molecule has 110 valence electrons. The molecule has 0 fully saturated rings. The summed E-state index contributed by atoms with van der Waals surface area (Å²) in [6.45, 7) is 7.12. The van der Waals surface area contributed by atoms with Gasteiger partial charge in [-0.1, -0.05) is 12.1 Å². The minimum Gasteiger partial charge on any atom is -0.493 e. The number of nitrogens with zero attached hydrogens (tertiary/aromatic N) is 1. The molecule has 1 N–H and O–H groups in total. The van der Waals surface area contributed by atoms with Gasteiger partial charge in [0, 0.05) is 24.5 Å². The summed E-state index contributed by atoms with van der Waals surface area (Å²) in [5.74, 6) is 1.73. The van der Waals surface area contributed by atoms with Gasteiger partial charge in [-0.15, -0.1) is 0 Å². The van der Waals surface area contributed by atoms with Gasteiger partial charge in [0.15, 0.2) is 11.3 Å². The molecule has 2 aromatic rings. The number of methoxy groups -OCH3 is 1. The first kappa shape index (κ1) is 14.9. The standard InChI is InChI=1S/C16H24N2O2/c1-12(2)18(3)9-8-17-11-14-10-13-6-5-7-15(19-4)16(13)20-14/h5-7,10,12,17H,8-9,11H2,1-4H3. The summed E-state index contributed by atoms with van der Waals surface area (Å²) in [5, 5.41) is 4.49. The van der Waals surface area contributed by atoms with Crippen molar-refractivity contribution < 1.29 is 9.15 Å². The first-order chi connectivity index (χ1) is 9.61. The topological polar surface area (TPSA) is 37.6 Å². The molecule has 0 spiro atoms. The van der Waals surface area contributed by atoms with E-state index >= 15 is 0 Å². The highest BCUT2D eigenvalue weighted by Gasteiger charge is 2.08. The summed E-state index contributed by atoms with van der Waals surface area (Å²) in [6, 6.07) is 8.58. The van der Waals surface area contributed by atoms with E-state index in [1.807, 2.05) is 18.2 Å². The predicted octanol–water partition coefficient (Wildman–Crippen LogP) is 2.87. The van der Waals surface area contributed by atoms with Crippen molar-refractivity contribution in [2.24, 2.45) is 0 Å². The molecule has 0 saturated carbocycles. The summed E-state index contributed by atoms with van der Waals surface area (Å²) < 4.78 is 11.1. The van der Waals surface area contributed by atoms with Crippen molar-refractivity contribution >= 4 is 11.0 Å². The second-order valence-electron chi connectivity index (χ2n) is 5.34. The number of hydrogen-bond donors (Lipinski definition) is 1. The van der Waals surface area contributed by atoms with E-state index in [2.05, 4.69) is 37.2 Å². The molecule has 1 aromatic carbocycles. The third-order valence-electron chi connectivity index (χ3n) is 3.60. The van der Waals surface area contributed by atoms with Crippen molar-refractivity contribution in [2.45, 2.75) is 26.4 Å². The fourth-order valence-corrected chi connectivity index (χ4v) is 2.06. The number of hydrogen-bond acceptors (Lipinski definition) is 4. The molecule has 1 heterocycles. The lowest BCUT2D eigenvalue weighted by atomic mass is 10.2. The number of ether oxygens (including phenoxy) is 1. The van der Waals surface area contributed by atoms with Gasteiger partial charge in [-0.25, -0.2) is 0 Å². The highest BCUT2D eigenvalue weighted by molar-refractivity contribution is 5.83. The van der Waals surface area contributed by atoms with Gasteiger partial charge in [0.25, 0.3) is 0 Å². The normalized spacial score (nSPS) is 11.7. The van der Waals surface area contributed by atoms with Crippen LogP contribution < -0.4 is 10.1 Å². The maximum absolute atomic E-state index is 5.84. The van der Waals surface area contributed by atoms with Gasteiger partial charge in [-0.3, -0.25) is 0 Å². The third-order valence-corrected chi connectivity index (χ3v) is 3.60. The van der Waals surface area contributed by atoms with Crippen molar-refractivity contribution in [3.8, 4) is 5.75 Å². The van der Waals surface area contributed by atoms with Gasteiger partial charge < -0.3 is 19.4 Å². The molecular formula is C16H24N2O2. The zero-order valence-corrected chi connectivity index (χ0v) is 12.8. The molecule has 0 saturated heterocycles. The van der Waals surface area contributed by atoms with Crippen LogP contribution >= 0.6 is 0 Å². The largest absolute Gasteiger partial charge is 0.493 e. The molecular weight excluding hydrogens is 252 g/mol. The van der Waals surface area contributed by atoms with Gasteiger partial charge in [0.1, 0.15) is 5.76 Å². The Labute approximate surface area is 120 Å². The molecule has 0 aliphatic carbocycles. The Morgan fingerprint density at radius 2 is 2.15 bits per heavy atom. The van der Waals surface area contributed by atoms with E-state index < -0.39 is 0 Å². The first-order valence-corrected chi connectivity index (χ1v) is 7.08. The van der Waals surface area contributed by atoms with E-state index in [4.69, 9.17) is 9.15 Å². The number of benzene rings is 1. The van der Waals surface area contributed by atoms with Crippen LogP contribution in [0, 0.1) is 0 Å². The van der Waals surface area contributed by atoms with E-state index in [1.165, 1.54) is 0 Å². The van der Waals surface area contributed by atoms with Gasteiger partial charge in [0.2, 0.25) is 0 Å². The quantitative estimate of drug-likeness (QED) is 0.789. The number of nitrogens with one attached hydrogen (secondary N) is 1. The monoisotopic (exact) mass is 276 g/mol. The summed E-state index contributed by atoms with van der Waals surface area (Å²) >= 11 is 0. The molecule has 20 heavy (non-hydrogen) atoms. The average molecular weight is 276 g/mol. The maximum Gasteiger partial charge on any atom is 0.176 e. The van der Waals surface area contributed by atoms with Crippen molar-refractivity contribution in [1.82, 2.24) is 10.2 Å². The third kappa shape index (κ3) is 3.52. The zero-order valence-electron chi connectivity index (χ0n) is 12.8. The first-order valence-electron chi connectivity index (χ1n) is 7.08. The Balaban J connectivity index is 1.91. The van der Waals surface area contributed by atoms with E-state index in [0.717, 1.165) is 42.1 Å². The summed E-state index contributed by atoms with van der Waals surface area (Å²) in [4.78, 5) is 2.31. The Kier molecular flexibility index (Phi) is 5.04. The molecule has 4 nitrogen and oxygen atoms in total. The van der Waals surface area contributed by atoms with Gasteiger partial charge in [0.05, 0.1) is 13.7 Å². The van der Waals surface area contributed by atoms with Crippen LogP contribution in [0.2, 0.25) is 0 Å². The van der Waals surface area contributed by atoms with Crippen LogP contribution in [-0.2, 0) is 6.54 Å². The molecule has 1 aromatic heterocycles. The van der Waals surface area contributed by atoms with Crippen LogP contribution in [0.1, 0.15) is 19.6 Å². The second-order valence-corrected chi connectivity index (χ2v) is 5.34. The SMILES string of the molecule is COc1cccc2cc(CNCCN(C)C(C)C)oc12. The fraction of sp³-hybridized carbons (Fsp3) is 0.500. The van der Waals surface area contributed by atoms with E-state index in [1.54, 1.807) is 7.11 Å². The Morgan fingerprint density at radius 3 is 2.85 bits per heavy atom. The summed E-state index contributed by atoms with van der Waals surface area (Å²) in [7, 11) is 3.80. The van der Waals surface area contributed by atoms with Crippen molar-refractivity contribution in [3.05, 3.63) is 30.0 Å². The highest BCUT2D eigenvalue weighted by atomic mass is 16.5. The van der Waals surface area contributed by atoms with Crippen LogP contribution in [0.5, 0.6) is 5.75 Å². The number of likely N-dealkylation sites (N-methyl/N-ethyl adjacent to an activating group) is 1. The lowest BCUT2D eigenvalue weighted by Crippen LogP contribution is -2.33. The molecule has 4 heteroatoms. The van der Waals surface area contributed by atoms with Crippen LogP contribution in [0.3, 0.4) is 0 Å². The maximum atomic E-state index is 5.84. The molecule has 0 amide bonds. The second kappa shape index (κ2) is 6.77. The molecule has 0 aliphatic rings. The molecule has 0 bridgehead atoms. The summed E-state index contributed by atoms with van der Waals surface area (Å²) in [6.07, 6.45) is 0. The van der Waals surface area contributed by atoms with Crippen LogP contribution in [0.4, 0.5) is 0 Å². The number of rotatable bonds is 7. The highest BCUT2D eigenvalue weighted by Crippen LogP contribution is 2.28. The van der Waals surface area contributed by atoms with Crippen LogP contribution in [0.15, 0.2) is 28.7 Å². The smallest absolute Gasteiger partial charge is 0.176 e. The van der Waals surface area contributed by atoms with Crippen molar-refractivity contribution in [1.29, 1.82) is 0 Å².